The number of carbonyl (C=O) groups is 3. The molecule has 0 spiro atoms. The van der Waals surface area contributed by atoms with Crippen LogP contribution in [0.1, 0.15) is 150 Å². The molecule has 1 aromatic carbocycles. The van der Waals surface area contributed by atoms with Gasteiger partial charge in [-0.1, -0.05) is 77.0 Å². The third-order valence-electron chi connectivity index (χ3n) is 15.8. The van der Waals surface area contributed by atoms with Crippen molar-refractivity contribution in [3.8, 4) is 11.5 Å². The topological polar surface area (TPSA) is 162 Å². The number of hydrogen-bond acceptors (Lipinski definition) is 9. The molecular weight excluding hydrogens is 757 g/mol. The fourth-order valence-electron chi connectivity index (χ4n) is 11.5. The van der Waals surface area contributed by atoms with Crippen LogP contribution in [0.5, 0.6) is 11.5 Å². The number of rotatable bonds is 17. The van der Waals surface area contributed by atoms with Crippen LogP contribution < -0.4 is 0 Å². The predicted molar refractivity (Wildman–Crippen MR) is 235 cm³/mol. The van der Waals surface area contributed by atoms with Crippen molar-refractivity contribution in [2.24, 2.45) is 39.4 Å². The summed E-state index contributed by atoms with van der Waals surface area (Å²) in [6, 6.07) is 3.58. The van der Waals surface area contributed by atoms with Crippen LogP contribution in [0.3, 0.4) is 0 Å². The number of carbonyl (C=O) groups excluding carboxylic acids is 3. The van der Waals surface area contributed by atoms with Crippen LogP contribution in [0.15, 0.2) is 76.4 Å². The number of aromatic hydroxyl groups is 2. The Kier molecular flexibility index (Phi) is 14.4. The van der Waals surface area contributed by atoms with E-state index in [-0.39, 0.29) is 63.2 Å². The molecule has 0 aliphatic heterocycles. The van der Waals surface area contributed by atoms with Crippen LogP contribution in [0.2, 0.25) is 0 Å². The minimum Gasteiger partial charge on any atom is -0.508 e. The third kappa shape index (κ3) is 9.34. The van der Waals surface area contributed by atoms with Crippen molar-refractivity contribution < 1.29 is 44.7 Å². The molecular formula is C51H72O9. The molecule has 0 bridgehead atoms. The smallest absolute Gasteiger partial charge is 0.334 e. The summed E-state index contributed by atoms with van der Waals surface area (Å²) in [5.74, 6) is -0.707. The molecule has 0 heterocycles. The Hall–Kier alpha value is -3.79. The molecule has 0 unspecified atom stereocenters. The van der Waals surface area contributed by atoms with E-state index in [1.54, 1.807) is 0 Å². The highest BCUT2D eigenvalue weighted by molar-refractivity contribution is 6.10. The fourth-order valence-corrected chi connectivity index (χ4v) is 11.5. The van der Waals surface area contributed by atoms with E-state index in [4.69, 9.17) is 4.74 Å². The highest BCUT2D eigenvalue weighted by Gasteiger charge is 2.63. The summed E-state index contributed by atoms with van der Waals surface area (Å²) in [5.41, 5.74) is 2.71. The highest BCUT2D eigenvalue weighted by Crippen LogP contribution is 2.71. The van der Waals surface area contributed by atoms with Crippen molar-refractivity contribution in [3.63, 3.8) is 0 Å². The van der Waals surface area contributed by atoms with E-state index < -0.39 is 30.1 Å². The minimum atomic E-state index is -1.75. The number of hydrogen-bond donors (Lipinski definition) is 5. The first-order chi connectivity index (χ1) is 28.0. The molecule has 9 heteroatoms. The lowest BCUT2D eigenvalue weighted by Crippen LogP contribution is -2.53. The average Bonchev–Trinajstić information content (AvgIpc) is 3.48. The van der Waals surface area contributed by atoms with Gasteiger partial charge in [0.15, 0.2) is 5.78 Å². The maximum absolute atomic E-state index is 13.5. The number of phenols is 2. The van der Waals surface area contributed by atoms with Crippen molar-refractivity contribution in [1.29, 1.82) is 0 Å². The Bertz CT molecular complexity index is 1960. The van der Waals surface area contributed by atoms with Crippen LogP contribution in [0.4, 0.5) is 0 Å². The predicted octanol–water partition coefficient (Wildman–Crippen LogP) is 9.82. The Morgan fingerprint density at radius 3 is 2.35 bits per heavy atom. The number of Topliss-reactive ketones (excluding diaryl/α,β-unsaturated/α-hetero) is 1. The molecule has 330 valence electrons. The lowest BCUT2D eigenvalue weighted by atomic mass is 9.44. The standard InChI is InChI=1S/C51H72O9/c1-32(12-10-14-33(2)30-52)13-11-15-35(28-42(55)37-29-36(53)17-19-41(37)54)46(58)60-31-51(9,59)45(57)21-16-34(3)38-22-26-50(8)40-18-20-43-47(4,5)44(56)24-25-48(43,6)39(40)23-27-49(38,50)7/h13-14,17-19,23,28-29,34,38,43,45,52-54,57,59H,10-12,15-16,20-22,24-27,30-31H2,1-9H3/t34-,38-,43+,45+,48-,49-,50+,51+/m1/s1. The second-order valence-corrected chi connectivity index (χ2v) is 20.3. The van der Waals surface area contributed by atoms with E-state index in [2.05, 4.69) is 53.7 Å². The Morgan fingerprint density at radius 2 is 1.65 bits per heavy atom. The zero-order chi connectivity index (χ0) is 44.4. The van der Waals surface area contributed by atoms with Gasteiger partial charge in [-0.2, -0.15) is 0 Å². The number of allylic oxidation sites excluding steroid dienone is 8. The van der Waals surface area contributed by atoms with Gasteiger partial charge in [0.25, 0.3) is 0 Å². The van der Waals surface area contributed by atoms with Crippen molar-refractivity contribution >= 4 is 17.5 Å². The maximum Gasteiger partial charge on any atom is 0.334 e. The van der Waals surface area contributed by atoms with Gasteiger partial charge in [0.1, 0.15) is 29.5 Å². The highest BCUT2D eigenvalue weighted by atomic mass is 16.5. The Balaban J connectivity index is 1.23. The second kappa shape index (κ2) is 18.3. The van der Waals surface area contributed by atoms with Crippen molar-refractivity contribution in [3.05, 3.63) is 82.0 Å². The normalized spacial score (nSPS) is 29.9. The number of phenolic OH excluding ortho intramolecular Hbond substituents is 2. The van der Waals surface area contributed by atoms with Crippen molar-refractivity contribution in [1.82, 2.24) is 0 Å². The molecule has 2 fully saturated rings. The van der Waals surface area contributed by atoms with Gasteiger partial charge in [-0.15, -0.1) is 0 Å². The van der Waals surface area contributed by atoms with E-state index in [1.165, 1.54) is 30.2 Å². The van der Waals surface area contributed by atoms with E-state index in [9.17, 15) is 39.9 Å². The molecule has 0 radical (unpaired) electrons. The molecule has 1 aromatic rings. The zero-order valence-corrected chi connectivity index (χ0v) is 37.7. The van der Waals surface area contributed by atoms with Gasteiger partial charge < -0.3 is 30.3 Å². The third-order valence-corrected chi connectivity index (χ3v) is 15.8. The van der Waals surface area contributed by atoms with Gasteiger partial charge in [-0.25, -0.2) is 4.79 Å². The van der Waals surface area contributed by atoms with Crippen LogP contribution in [-0.4, -0.2) is 68.0 Å². The quantitative estimate of drug-likeness (QED) is 0.0339. The SMILES string of the molecule is CC(=CCCC(C)=CCCC(=CC(=O)c1cc(O)ccc1O)C(=O)OC[C@](C)(O)[C@@H](O)CC[C@@H](C)[C@H]1CC[C@@]2(C)C3=CC[C@H]4C(C)(C)C(=O)CC[C@]4(C)C3=CC[C@]12C)CO. The number of ketones is 2. The first-order valence-electron chi connectivity index (χ1n) is 22.2. The minimum absolute atomic E-state index is 0.00537. The monoisotopic (exact) mass is 829 g/mol. The lowest BCUT2D eigenvalue weighted by molar-refractivity contribution is -0.155. The molecule has 4 aliphatic rings. The number of ether oxygens (including phenoxy) is 1. The molecule has 8 atom stereocenters. The van der Waals surface area contributed by atoms with E-state index in [0.29, 0.717) is 43.3 Å². The van der Waals surface area contributed by atoms with Crippen LogP contribution >= 0.6 is 0 Å². The molecule has 60 heavy (non-hydrogen) atoms. The summed E-state index contributed by atoms with van der Waals surface area (Å²) in [5, 5.41) is 52.3. The maximum atomic E-state index is 13.5. The zero-order valence-electron chi connectivity index (χ0n) is 37.7. The molecule has 5 N–H and O–H groups in total. The van der Waals surface area contributed by atoms with Gasteiger partial charge in [0, 0.05) is 17.4 Å². The number of aliphatic hydroxyl groups is 3. The van der Waals surface area contributed by atoms with Gasteiger partial charge in [-0.3, -0.25) is 9.59 Å². The largest absolute Gasteiger partial charge is 0.508 e. The van der Waals surface area contributed by atoms with E-state index >= 15 is 0 Å². The van der Waals surface area contributed by atoms with Crippen molar-refractivity contribution in [2.45, 2.75) is 151 Å². The number of benzene rings is 1. The summed E-state index contributed by atoms with van der Waals surface area (Å²) in [4.78, 5) is 39.8. The van der Waals surface area contributed by atoms with Crippen LogP contribution in [0, 0.1) is 39.4 Å². The number of esters is 1. The Labute approximate surface area is 358 Å². The summed E-state index contributed by atoms with van der Waals surface area (Å²) in [7, 11) is 0. The van der Waals surface area contributed by atoms with E-state index in [0.717, 1.165) is 68.2 Å². The van der Waals surface area contributed by atoms with Crippen LogP contribution in [0.25, 0.3) is 0 Å². The molecule has 2 saturated carbocycles. The van der Waals surface area contributed by atoms with Gasteiger partial charge in [0.2, 0.25) is 0 Å². The van der Waals surface area contributed by atoms with E-state index in [1.807, 2.05) is 26.0 Å². The molecule has 5 rings (SSSR count). The summed E-state index contributed by atoms with van der Waals surface area (Å²) in [6.45, 7) is 18.6. The number of aliphatic hydroxyl groups excluding tert-OH is 2. The van der Waals surface area contributed by atoms with Crippen LogP contribution in [-0.2, 0) is 14.3 Å². The van der Waals surface area contributed by atoms with Gasteiger partial charge in [0.05, 0.1) is 18.3 Å². The Morgan fingerprint density at radius 1 is 0.967 bits per heavy atom. The first kappa shape index (κ1) is 47.3. The fraction of sp³-hybridized carbons (Fsp3) is 0.627. The second-order valence-electron chi connectivity index (χ2n) is 20.3. The average molecular weight is 829 g/mol. The molecule has 9 nitrogen and oxygen atoms in total. The molecule has 0 saturated heterocycles. The summed E-state index contributed by atoms with van der Waals surface area (Å²) in [6.07, 6.45) is 17.5. The number of fused-ring (bicyclic) bond motifs is 5. The van der Waals surface area contributed by atoms with Gasteiger partial charge >= 0.3 is 5.97 Å². The van der Waals surface area contributed by atoms with Gasteiger partial charge in [-0.05, 0) is 161 Å². The lowest BCUT2D eigenvalue weighted by Gasteiger charge is -2.59. The summed E-state index contributed by atoms with van der Waals surface area (Å²) >= 11 is 0. The van der Waals surface area contributed by atoms with Crippen molar-refractivity contribution in [2.75, 3.05) is 13.2 Å². The molecule has 0 aromatic heterocycles. The first-order valence-corrected chi connectivity index (χ1v) is 22.2. The molecule has 0 amide bonds. The molecule has 4 aliphatic carbocycles. The summed E-state index contributed by atoms with van der Waals surface area (Å²) < 4.78 is 5.60.